The molecule has 0 unspecified atom stereocenters. The number of alkyl halides is 1. The van der Waals surface area contributed by atoms with Crippen molar-refractivity contribution in [3.63, 3.8) is 0 Å². The summed E-state index contributed by atoms with van der Waals surface area (Å²) in [5, 5.41) is 32.6. The zero-order valence-electron chi connectivity index (χ0n) is 16.3. The number of hydrogen-bond donors (Lipinski definition) is 3. The topological polar surface area (TPSA) is 94.8 Å². The van der Waals surface area contributed by atoms with E-state index in [1.165, 1.54) is 12.2 Å². The lowest BCUT2D eigenvalue weighted by Crippen LogP contribution is -2.68. The van der Waals surface area contributed by atoms with Crippen molar-refractivity contribution >= 4 is 34.8 Å². The standard InChI is InChI=1S/C22H24Cl2O5/c1-11-6-13-14-8-16(23)15-7-12(26)4-5-19(15,2)21(14,24)17(27)9-20(13,3)22(11,29)18(28)10-25/h4-5,7-8,13-14,17,25,27,29H,1,6,9-10H2,2-3H3/t13-,14-,17-,19-,20-,21-,22-/m0/s1. The van der Waals surface area contributed by atoms with Crippen molar-refractivity contribution in [2.24, 2.45) is 22.7 Å². The van der Waals surface area contributed by atoms with Crippen molar-refractivity contribution < 1.29 is 24.9 Å². The number of aliphatic hydroxyl groups excluding tert-OH is 2. The molecular formula is C22H24Cl2O5. The van der Waals surface area contributed by atoms with E-state index in [9.17, 15) is 24.9 Å². The van der Waals surface area contributed by atoms with Crippen LogP contribution in [0.15, 0.2) is 47.1 Å². The molecule has 0 amide bonds. The summed E-state index contributed by atoms with van der Waals surface area (Å²) in [6.07, 6.45) is 5.53. The van der Waals surface area contributed by atoms with E-state index in [1.807, 2.05) is 6.92 Å². The molecule has 7 heteroatoms. The Morgan fingerprint density at radius 1 is 1.38 bits per heavy atom. The maximum atomic E-state index is 12.6. The fraction of sp³-hybridized carbons (Fsp3) is 0.545. The normalized spacial score (nSPS) is 48.4. The minimum atomic E-state index is -1.96. The summed E-state index contributed by atoms with van der Waals surface area (Å²) in [6.45, 7) is 6.69. The van der Waals surface area contributed by atoms with Crippen molar-refractivity contribution in [1.29, 1.82) is 0 Å². The Hall–Kier alpha value is -1.24. The summed E-state index contributed by atoms with van der Waals surface area (Å²) in [7, 11) is 0. The smallest absolute Gasteiger partial charge is 0.194 e. The first-order chi connectivity index (χ1) is 13.4. The van der Waals surface area contributed by atoms with Crippen LogP contribution < -0.4 is 0 Å². The highest BCUT2D eigenvalue weighted by Crippen LogP contribution is 2.70. The summed E-state index contributed by atoms with van der Waals surface area (Å²) >= 11 is 13.8. The highest BCUT2D eigenvalue weighted by Gasteiger charge is 2.73. The van der Waals surface area contributed by atoms with Crippen LogP contribution in [-0.2, 0) is 9.59 Å². The number of Topliss-reactive ketones (excluding diaryl/α,β-unsaturated/α-hetero) is 1. The van der Waals surface area contributed by atoms with Crippen LogP contribution in [0.25, 0.3) is 0 Å². The molecule has 3 N–H and O–H groups in total. The zero-order valence-corrected chi connectivity index (χ0v) is 17.8. The number of halogens is 2. The molecule has 0 aliphatic heterocycles. The monoisotopic (exact) mass is 438 g/mol. The third-order valence-electron chi connectivity index (χ3n) is 8.00. The van der Waals surface area contributed by atoms with Crippen LogP contribution >= 0.6 is 23.2 Å². The van der Waals surface area contributed by atoms with Gasteiger partial charge in [-0.3, -0.25) is 9.59 Å². The van der Waals surface area contributed by atoms with Crippen LogP contribution in [0, 0.1) is 22.7 Å². The fourth-order valence-corrected chi connectivity index (χ4v) is 7.18. The molecule has 0 aromatic carbocycles. The van der Waals surface area contributed by atoms with Gasteiger partial charge in [0.1, 0.15) is 6.61 Å². The van der Waals surface area contributed by atoms with E-state index in [0.29, 0.717) is 22.6 Å². The van der Waals surface area contributed by atoms with E-state index in [-0.39, 0.29) is 18.1 Å². The number of hydrogen-bond acceptors (Lipinski definition) is 5. The Morgan fingerprint density at radius 2 is 2.03 bits per heavy atom. The Labute approximate surface area is 179 Å². The fourth-order valence-electron chi connectivity index (χ4n) is 6.34. The van der Waals surface area contributed by atoms with E-state index < -0.39 is 45.7 Å². The molecular weight excluding hydrogens is 415 g/mol. The van der Waals surface area contributed by atoms with Crippen LogP contribution in [0.1, 0.15) is 26.7 Å². The lowest BCUT2D eigenvalue weighted by atomic mass is 9.47. The molecule has 0 radical (unpaired) electrons. The molecule has 4 rings (SSSR count). The number of rotatable bonds is 2. The van der Waals surface area contributed by atoms with E-state index in [1.54, 1.807) is 19.1 Å². The average Bonchev–Trinajstić information content (AvgIpc) is 2.86. The number of ketones is 2. The molecule has 4 aliphatic rings. The second kappa shape index (κ2) is 6.14. The largest absolute Gasteiger partial charge is 0.391 e. The average molecular weight is 439 g/mol. The summed E-state index contributed by atoms with van der Waals surface area (Å²) in [6, 6.07) is 0. The number of carbonyl (C=O) groups is 2. The SMILES string of the molecule is C=C1C[C@H]2[C@@H]3C=C(Cl)C4=CC(=O)C=C[C@]4(C)[C@@]3(Cl)[C@@H](O)C[C@]2(C)[C@@]1(O)C(=O)CO. The van der Waals surface area contributed by atoms with Crippen molar-refractivity contribution in [1.82, 2.24) is 0 Å². The highest BCUT2D eigenvalue weighted by atomic mass is 35.5. The first kappa shape index (κ1) is 21.0. The van der Waals surface area contributed by atoms with Crippen molar-refractivity contribution in [3.05, 3.63) is 47.1 Å². The predicted octanol–water partition coefficient (Wildman–Crippen LogP) is 2.43. The van der Waals surface area contributed by atoms with Gasteiger partial charge < -0.3 is 15.3 Å². The van der Waals surface area contributed by atoms with E-state index in [0.717, 1.165) is 0 Å². The Kier molecular flexibility index (Phi) is 4.45. The van der Waals surface area contributed by atoms with E-state index in [2.05, 4.69) is 6.58 Å². The summed E-state index contributed by atoms with van der Waals surface area (Å²) in [4.78, 5) is 23.3. The number of allylic oxidation sites excluding steroid dienone is 6. The number of fused-ring (bicyclic) bond motifs is 5. The molecule has 156 valence electrons. The first-order valence-corrected chi connectivity index (χ1v) is 10.4. The quantitative estimate of drug-likeness (QED) is 0.454. The molecule has 0 aromatic rings. The maximum absolute atomic E-state index is 12.6. The second-order valence-electron chi connectivity index (χ2n) is 9.15. The Morgan fingerprint density at radius 3 is 2.66 bits per heavy atom. The van der Waals surface area contributed by atoms with Gasteiger partial charge in [0.05, 0.1) is 11.0 Å². The lowest BCUT2D eigenvalue weighted by molar-refractivity contribution is -0.163. The highest BCUT2D eigenvalue weighted by molar-refractivity contribution is 6.34. The van der Waals surface area contributed by atoms with Crippen molar-refractivity contribution in [2.75, 3.05) is 6.61 Å². The van der Waals surface area contributed by atoms with Gasteiger partial charge in [-0.25, -0.2) is 0 Å². The molecule has 29 heavy (non-hydrogen) atoms. The van der Waals surface area contributed by atoms with Gasteiger partial charge in [-0.05, 0) is 42.1 Å². The Bertz CT molecular complexity index is 935. The van der Waals surface area contributed by atoms with Gasteiger partial charge in [-0.15, -0.1) is 11.6 Å². The van der Waals surface area contributed by atoms with Gasteiger partial charge in [0.2, 0.25) is 0 Å². The molecule has 0 heterocycles. The number of carbonyl (C=O) groups excluding carboxylic acids is 2. The molecule has 5 nitrogen and oxygen atoms in total. The zero-order chi connectivity index (χ0) is 21.6. The first-order valence-electron chi connectivity index (χ1n) is 9.62. The van der Waals surface area contributed by atoms with Crippen LogP contribution in [0.4, 0.5) is 0 Å². The molecule has 0 bridgehead atoms. The van der Waals surface area contributed by atoms with Crippen LogP contribution in [0.3, 0.4) is 0 Å². The van der Waals surface area contributed by atoms with Gasteiger partial charge in [-0.1, -0.05) is 44.2 Å². The van der Waals surface area contributed by atoms with Gasteiger partial charge in [0.25, 0.3) is 0 Å². The van der Waals surface area contributed by atoms with Crippen molar-refractivity contribution in [3.8, 4) is 0 Å². The Balaban J connectivity index is 1.94. The molecule has 2 saturated carbocycles. The third-order valence-corrected chi connectivity index (χ3v) is 9.22. The predicted molar refractivity (Wildman–Crippen MR) is 109 cm³/mol. The maximum Gasteiger partial charge on any atom is 0.194 e. The van der Waals surface area contributed by atoms with E-state index in [4.69, 9.17) is 23.2 Å². The molecule has 0 saturated heterocycles. The van der Waals surface area contributed by atoms with Crippen molar-refractivity contribution in [2.45, 2.75) is 43.3 Å². The lowest BCUT2D eigenvalue weighted by Gasteiger charge is -2.62. The van der Waals surface area contributed by atoms with Gasteiger partial charge >= 0.3 is 0 Å². The second-order valence-corrected chi connectivity index (χ2v) is 10.2. The molecule has 0 aromatic heterocycles. The molecule has 7 atom stereocenters. The van der Waals surface area contributed by atoms with Crippen LogP contribution in [0.2, 0.25) is 0 Å². The van der Waals surface area contributed by atoms with E-state index >= 15 is 0 Å². The minimum absolute atomic E-state index is 0.0367. The molecule has 0 spiro atoms. The summed E-state index contributed by atoms with van der Waals surface area (Å²) < 4.78 is 0. The third kappa shape index (κ3) is 2.23. The van der Waals surface area contributed by atoms with Gasteiger partial charge in [-0.2, -0.15) is 0 Å². The van der Waals surface area contributed by atoms with Gasteiger partial charge in [0.15, 0.2) is 17.2 Å². The number of aliphatic hydroxyl groups is 3. The van der Waals surface area contributed by atoms with Crippen LogP contribution in [0.5, 0.6) is 0 Å². The summed E-state index contributed by atoms with van der Waals surface area (Å²) in [5.41, 5.74) is -3.09. The van der Waals surface area contributed by atoms with Crippen LogP contribution in [-0.4, -0.2) is 50.1 Å². The molecule has 2 fully saturated rings. The minimum Gasteiger partial charge on any atom is -0.391 e. The summed E-state index contributed by atoms with van der Waals surface area (Å²) in [5.74, 6) is -1.77. The van der Waals surface area contributed by atoms with Gasteiger partial charge in [0, 0.05) is 21.8 Å². The molecule has 4 aliphatic carbocycles.